The van der Waals surface area contributed by atoms with E-state index in [4.69, 9.17) is 89.6 Å². The fourth-order valence-corrected chi connectivity index (χ4v) is 6.03. The zero-order valence-electron chi connectivity index (χ0n) is 26.1. The van der Waals surface area contributed by atoms with E-state index in [1.165, 1.54) is 0 Å². The number of para-hydroxylation sites is 2. The van der Waals surface area contributed by atoms with Gasteiger partial charge in [0.1, 0.15) is 55.9 Å². The second-order valence-electron chi connectivity index (χ2n) is 10.4. The van der Waals surface area contributed by atoms with Crippen LogP contribution < -0.4 is 9.47 Å². The summed E-state index contributed by atoms with van der Waals surface area (Å²) in [5, 5.41) is 36.8. The van der Waals surface area contributed by atoms with Gasteiger partial charge in [0.05, 0.1) is 32.3 Å². The fraction of sp³-hybridized carbons (Fsp3) is 0.222. The van der Waals surface area contributed by atoms with Crippen LogP contribution in [0.1, 0.15) is 85.8 Å². The Labute approximate surface area is 310 Å². The predicted molar refractivity (Wildman–Crippen MR) is 192 cm³/mol. The number of nitrogens with zero attached hydrogens (tertiary/aromatic N) is 4. The molecule has 0 fully saturated rings. The third-order valence-corrected chi connectivity index (χ3v) is 9.95. The molecule has 0 radical (unpaired) electrons. The van der Waals surface area contributed by atoms with Crippen LogP contribution in [0.25, 0.3) is 0 Å². The topological polar surface area (TPSA) is 114 Å². The SMILES string of the molecule is CCC(C)c1ccccc1Oc1c(Cl)c(Cl)c(C#N)c(C#N)c1Cl.CCC(C)c1ccccc1Oc1c(Cl)c(Cl)c(C#N)c(C#N)c1Cl. The maximum absolute atomic E-state index is 9.27. The summed E-state index contributed by atoms with van der Waals surface area (Å²) in [5.41, 5.74) is 1.76. The lowest BCUT2D eigenvalue weighted by atomic mass is 9.98. The molecule has 0 aliphatic heterocycles. The van der Waals surface area contributed by atoms with Crippen LogP contribution in [0, 0.1) is 45.3 Å². The van der Waals surface area contributed by atoms with Crippen molar-refractivity contribution in [3.8, 4) is 47.3 Å². The first kappa shape index (κ1) is 38.6. The molecule has 0 saturated carbocycles. The number of benzene rings is 4. The van der Waals surface area contributed by atoms with Crippen LogP contribution >= 0.6 is 69.6 Å². The molecule has 0 aliphatic carbocycles. The molecule has 0 aliphatic rings. The maximum atomic E-state index is 9.27. The number of hydrogen-bond donors (Lipinski definition) is 0. The van der Waals surface area contributed by atoms with E-state index in [2.05, 4.69) is 27.7 Å². The van der Waals surface area contributed by atoms with Crippen molar-refractivity contribution in [2.75, 3.05) is 0 Å². The molecule has 48 heavy (non-hydrogen) atoms. The van der Waals surface area contributed by atoms with Gasteiger partial charge in [0.2, 0.25) is 0 Å². The van der Waals surface area contributed by atoms with E-state index < -0.39 is 0 Å². The summed E-state index contributed by atoms with van der Waals surface area (Å²) in [5.74, 6) is 1.86. The largest absolute Gasteiger partial charge is 0.454 e. The lowest BCUT2D eigenvalue weighted by molar-refractivity contribution is 0.470. The molecule has 0 saturated heterocycles. The Bertz CT molecular complexity index is 1880. The highest BCUT2D eigenvalue weighted by Gasteiger charge is 2.25. The zero-order chi connectivity index (χ0) is 35.7. The maximum Gasteiger partial charge on any atom is 0.167 e. The fourth-order valence-electron chi connectivity index (χ4n) is 4.50. The summed E-state index contributed by atoms with van der Waals surface area (Å²) in [6.07, 6.45) is 1.86. The summed E-state index contributed by atoms with van der Waals surface area (Å²) >= 11 is 37.2. The first-order valence-electron chi connectivity index (χ1n) is 14.5. The smallest absolute Gasteiger partial charge is 0.167 e. The van der Waals surface area contributed by atoms with Gasteiger partial charge in [-0.2, -0.15) is 21.0 Å². The van der Waals surface area contributed by atoms with E-state index in [0.29, 0.717) is 11.5 Å². The van der Waals surface area contributed by atoms with E-state index in [1.807, 2.05) is 60.7 Å². The van der Waals surface area contributed by atoms with Gasteiger partial charge in [-0.3, -0.25) is 0 Å². The molecule has 244 valence electrons. The Morgan fingerprint density at radius 3 is 1.08 bits per heavy atom. The van der Waals surface area contributed by atoms with E-state index in [1.54, 1.807) is 12.1 Å². The summed E-state index contributed by atoms with van der Waals surface area (Å²) in [4.78, 5) is 0. The van der Waals surface area contributed by atoms with E-state index >= 15 is 0 Å². The first-order valence-corrected chi connectivity index (χ1v) is 16.7. The second kappa shape index (κ2) is 17.5. The minimum Gasteiger partial charge on any atom is -0.454 e. The van der Waals surface area contributed by atoms with Gasteiger partial charge in [0, 0.05) is 0 Å². The van der Waals surface area contributed by atoms with Crippen LogP contribution in [0.15, 0.2) is 48.5 Å². The Balaban J connectivity index is 0.000000260. The van der Waals surface area contributed by atoms with Crippen LogP contribution in [0.3, 0.4) is 0 Å². The molecule has 0 bridgehead atoms. The Morgan fingerprint density at radius 2 is 0.792 bits per heavy atom. The van der Waals surface area contributed by atoms with Crippen LogP contribution in [0.4, 0.5) is 0 Å². The molecule has 0 aromatic heterocycles. The van der Waals surface area contributed by atoms with Crippen molar-refractivity contribution in [3.05, 3.63) is 112 Å². The third kappa shape index (κ3) is 8.06. The number of nitriles is 4. The molecule has 4 rings (SSSR count). The first-order chi connectivity index (χ1) is 22.9. The molecule has 0 N–H and O–H groups in total. The summed E-state index contributed by atoms with van der Waals surface area (Å²) < 4.78 is 11.8. The summed E-state index contributed by atoms with van der Waals surface area (Å²) in [6, 6.07) is 22.5. The molecule has 2 atom stereocenters. The standard InChI is InChI=1S/2C18H13Cl3N2O/c2*1-3-10(2)11-6-4-5-7-14(11)24-18-16(20)13(9-23)12(8-22)15(19)17(18)21/h2*4-7,10H,3H2,1-2H3. The molecule has 4 aromatic carbocycles. The van der Waals surface area contributed by atoms with Gasteiger partial charge in [0.15, 0.2) is 11.5 Å². The van der Waals surface area contributed by atoms with Crippen molar-refractivity contribution in [1.29, 1.82) is 21.0 Å². The predicted octanol–water partition coefficient (Wildman–Crippen LogP) is 13.4. The highest BCUT2D eigenvalue weighted by molar-refractivity contribution is 6.46. The van der Waals surface area contributed by atoms with Gasteiger partial charge in [-0.25, -0.2) is 0 Å². The highest BCUT2D eigenvalue weighted by atomic mass is 35.5. The number of halogens is 6. The average molecular weight is 759 g/mol. The Hall–Kier alpha value is -3.82. The molecule has 0 spiro atoms. The summed E-state index contributed by atoms with van der Waals surface area (Å²) in [6.45, 7) is 8.32. The van der Waals surface area contributed by atoms with Gasteiger partial charge in [-0.1, -0.05) is 134 Å². The molecule has 12 heteroatoms. The minimum absolute atomic E-state index is 0.0103. The molecule has 0 amide bonds. The van der Waals surface area contributed by atoms with E-state index in [-0.39, 0.29) is 75.7 Å². The van der Waals surface area contributed by atoms with Gasteiger partial charge >= 0.3 is 0 Å². The molecule has 4 aromatic rings. The normalized spacial score (nSPS) is 11.5. The highest BCUT2D eigenvalue weighted by Crippen LogP contribution is 2.47. The lowest BCUT2D eigenvalue weighted by Gasteiger charge is -2.18. The van der Waals surface area contributed by atoms with Gasteiger partial charge in [-0.05, 0) is 47.9 Å². The Morgan fingerprint density at radius 1 is 0.500 bits per heavy atom. The van der Waals surface area contributed by atoms with Crippen molar-refractivity contribution in [2.45, 2.75) is 52.4 Å². The van der Waals surface area contributed by atoms with Gasteiger partial charge in [0.25, 0.3) is 0 Å². The Kier molecular flexibility index (Phi) is 14.1. The summed E-state index contributed by atoms with van der Waals surface area (Å²) in [7, 11) is 0. The van der Waals surface area contributed by atoms with Crippen LogP contribution in [-0.2, 0) is 0 Å². The van der Waals surface area contributed by atoms with Gasteiger partial charge < -0.3 is 9.47 Å². The van der Waals surface area contributed by atoms with Crippen molar-refractivity contribution >= 4 is 69.6 Å². The minimum atomic E-state index is -0.0586. The van der Waals surface area contributed by atoms with Crippen molar-refractivity contribution < 1.29 is 9.47 Å². The number of hydrogen-bond acceptors (Lipinski definition) is 6. The van der Waals surface area contributed by atoms with Crippen molar-refractivity contribution in [3.63, 3.8) is 0 Å². The van der Waals surface area contributed by atoms with Gasteiger partial charge in [-0.15, -0.1) is 0 Å². The molecule has 6 nitrogen and oxygen atoms in total. The third-order valence-electron chi connectivity index (χ3n) is 7.56. The molecule has 0 heterocycles. The lowest BCUT2D eigenvalue weighted by Crippen LogP contribution is -1.99. The molecular weight excluding hydrogens is 733 g/mol. The molecular formula is C36H26Cl6N4O2. The number of rotatable bonds is 8. The van der Waals surface area contributed by atoms with Crippen LogP contribution in [-0.4, -0.2) is 0 Å². The zero-order valence-corrected chi connectivity index (χ0v) is 30.6. The monoisotopic (exact) mass is 756 g/mol. The van der Waals surface area contributed by atoms with E-state index in [0.717, 1.165) is 24.0 Å². The quantitative estimate of drug-likeness (QED) is 0.165. The van der Waals surface area contributed by atoms with Crippen LogP contribution in [0.5, 0.6) is 23.0 Å². The number of ether oxygens (including phenoxy) is 2. The molecule has 2 unspecified atom stereocenters. The van der Waals surface area contributed by atoms with Crippen LogP contribution in [0.2, 0.25) is 30.1 Å². The second-order valence-corrected chi connectivity index (χ2v) is 12.7. The van der Waals surface area contributed by atoms with E-state index in [9.17, 15) is 10.5 Å². The van der Waals surface area contributed by atoms with Crippen molar-refractivity contribution in [1.82, 2.24) is 0 Å². The average Bonchev–Trinajstić information content (AvgIpc) is 3.11. The van der Waals surface area contributed by atoms with Crippen molar-refractivity contribution in [2.24, 2.45) is 0 Å².